The number of rotatable bonds is 8. The molecule has 0 spiro atoms. The van der Waals surface area contributed by atoms with E-state index in [0.717, 1.165) is 0 Å². The van der Waals surface area contributed by atoms with Crippen molar-refractivity contribution in [2.45, 2.75) is 19.8 Å². The summed E-state index contributed by atoms with van der Waals surface area (Å²) in [7, 11) is 2.56. The van der Waals surface area contributed by atoms with E-state index in [2.05, 4.69) is 25.4 Å². The first-order valence-electron chi connectivity index (χ1n) is 5.33. The highest BCUT2D eigenvalue weighted by molar-refractivity contribution is 9.11. The van der Waals surface area contributed by atoms with Crippen molar-refractivity contribution < 1.29 is 28.8 Å². The first-order valence-corrected chi connectivity index (χ1v) is 6.13. The number of hydrogen-bond acceptors (Lipinski definition) is 6. The van der Waals surface area contributed by atoms with Gasteiger partial charge in [0.2, 0.25) is 0 Å². The number of halogens is 1. The van der Waals surface area contributed by atoms with Crippen molar-refractivity contribution in [3.8, 4) is 0 Å². The van der Waals surface area contributed by atoms with Crippen LogP contribution in [0.5, 0.6) is 0 Å². The largest absolute Gasteiger partial charge is 0.469 e. The summed E-state index contributed by atoms with van der Waals surface area (Å²) in [6, 6.07) is 0. The number of esters is 2. The van der Waals surface area contributed by atoms with Gasteiger partial charge in [-0.3, -0.25) is 4.79 Å². The topological polar surface area (TPSA) is 71.1 Å². The molecule has 0 unspecified atom stereocenters. The van der Waals surface area contributed by atoms with Crippen molar-refractivity contribution in [3.63, 3.8) is 0 Å². The summed E-state index contributed by atoms with van der Waals surface area (Å²) in [4.78, 5) is 32.1. The second kappa shape index (κ2) is 10.0. The van der Waals surface area contributed by atoms with Crippen molar-refractivity contribution in [1.82, 2.24) is 0 Å². The van der Waals surface area contributed by atoms with Crippen LogP contribution in [0.15, 0.2) is 10.1 Å². The van der Waals surface area contributed by atoms with Gasteiger partial charge in [-0.15, -0.1) is 0 Å². The van der Waals surface area contributed by atoms with E-state index in [1.165, 1.54) is 14.2 Å². The molecule has 0 aliphatic heterocycles. The Bertz CT molecular complexity index is 313. The van der Waals surface area contributed by atoms with Gasteiger partial charge in [0.15, 0.2) is 0 Å². The minimum absolute atomic E-state index is 0.0689. The maximum atomic E-state index is 11.5. The molecule has 0 radical (unpaired) electrons. The third-order valence-corrected chi connectivity index (χ3v) is 2.66. The van der Waals surface area contributed by atoms with Crippen LogP contribution in [0, 0.1) is 0 Å². The molecular formula is C11H17BrO6. The Hall–Kier alpha value is -0.920. The smallest absolute Gasteiger partial charge is 0.334 e. The second-order valence-corrected chi connectivity index (χ2v) is 4.08. The molecule has 0 aromatic rings. The van der Waals surface area contributed by atoms with Crippen molar-refractivity contribution in [3.05, 3.63) is 10.1 Å². The van der Waals surface area contributed by atoms with Crippen molar-refractivity contribution in [2.75, 3.05) is 27.4 Å². The zero-order chi connectivity index (χ0) is 14.0. The Morgan fingerprint density at radius 3 is 2.22 bits per heavy atom. The van der Waals surface area contributed by atoms with E-state index < -0.39 is 11.9 Å². The molecule has 0 aliphatic rings. The molecule has 0 fully saturated rings. The lowest BCUT2D eigenvalue weighted by Gasteiger charge is -2.08. The molecule has 6 nitrogen and oxygen atoms in total. The average molecular weight is 325 g/mol. The van der Waals surface area contributed by atoms with E-state index in [9.17, 15) is 9.59 Å². The molecule has 0 aromatic heterocycles. The molecule has 0 bridgehead atoms. The van der Waals surface area contributed by atoms with Gasteiger partial charge in [0.25, 0.3) is 0 Å². The Balaban J connectivity index is 4.58. The quantitative estimate of drug-likeness (QED) is 0.223. The molecule has 0 rings (SSSR count). The van der Waals surface area contributed by atoms with Gasteiger partial charge in [-0.25, -0.2) is 14.6 Å². The van der Waals surface area contributed by atoms with Crippen LogP contribution in [-0.4, -0.2) is 39.4 Å². The van der Waals surface area contributed by atoms with Crippen molar-refractivity contribution >= 4 is 27.9 Å². The maximum Gasteiger partial charge on any atom is 0.334 e. The molecule has 0 N–H and O–H groups in total. The van der Waals surface area contributed by atoms with Gasteiger partial charge in [0.1, 0.15) is 6.61 Å². The van der Waals surface area contributed by atoms with E-state index in [1.807, 2.05) is 0 Å². The number of carbonyl (C=O) groups is 2. The summed E-state index contributed by atoms with van der Waals surface area (Å²) in [5.74, 6) is -0.923. The Labute approximate surface area is 114 Å². The SMILES string of the molecule is CCOOC/C(Br)=C(\CCC(=O)OC)C(=O)OC. The standard InChI is InChI=1S/C11H17BrO6/c1-4-17-18-7-9(12)8(11(14)16-3)5-6-10(13)15-2/h4-7H2,1-3H3/b9-8-. The van der Waals surface area contributed by atoms with E-state index in [1.54, 1.807) is 6.92 Å². The highest BCUT2D eigenvalue weighted by Gasteiger charge is 2.16. The number of carbonyl (C=O) groups excluding carboxylic acids is 2. The number of methoxy groups -OCH3 is 2. The van der Waals surface area contributed by atoms with Crippen LogP contribution < -0.4 is 0 Å². The van der Waals surface area contributed by atoms with Crippen LogP contribution in [-0.2, 0) is 28.8 Å². The molecule has 18 heavy (non-hydrogen) atoms. The van der Waals surface area contributed by atoms with Crippen LogP contribution >= 0.6 is 15.9 Å². The van der Waals surface area contributed by atoms with Crippen LogP contribution in [0.3, 0.4) is 0 Å². The van der Waals surface area contributed by atoms with Crippen molar-refractivity contribution in [1.29, 1.82) is 0 Å². The lowest BCUT2D eigenvalue weighted by atomic mass is 10.1. The first-order chi connectivity index (χ1) is 8.56. The molecule has 0 atom stereocenters. The number of ether oxygens (including phenoxy) is 2. The summed E-state index contributed by atoms with van der Waals surface area (Å²) in [5, 5.41) is 0. The molecular weight excluding hydrogens is 308 g/mol. The summed E-state index contributed by atoms with van der Waals surface area (Å²) < 4.78 is 9.62. The fourth-order valence-corrected chi connectivity index (χ4v) is 1.52. The summed E-state index contributed by atoms with van der Waals surface area (Å²) in [5.41, 5.74) is 0.322. The molecule has 0 aromatic carbocycles. The lowest BCUT2D eigenvalue weighted by Crippen LogP contribution is -2.11. The zero-order valence-electron chi connectivity index (χ0n) is 10.7. The van der Waals surface area contributed by atoms with Gasteiger partial charge in [0, 0.05) is 10.9 Å². The minimum atomic E-state index is -0.522. The molecule has 0 saturated heterocycles. The summed E-state index contributed by atoms with van der Waals surface area (Å²) >= 11 is 3.21. The monoisotopic (exact) mass is 324 g/mol. The maximum absolute atomic E-state index is 11.5. The molecule has 0 amide bonds. The van der Waals surface area contributed by atoms with Crippen LogP contribution in [0.4, 0.5) is 0 Å². The van der Waals surface area contributed by atoms with E-state index >= 15 is 0 Å². The fourth-order valence-electron chi connectivity index (χ4n) is 1.06. The predicted octanol–water partition coefficient (Wildman–Crippen LogP) is 1.73. The highest BCUT2D eigenvalue weighted by atomic mass is 79.9. The second-order valence-electron chi connectivity index (χ2n) is 3.12. The highest BCUT2D eigenvalue weighted by Crippen LogP contribution is 2.19. The van der Waals surface area contributed by atoms with Crippen molar-refractivity contribution in [2.24, 2.45) is 0 Å². The predicted molar refractivity (Wildman–Crippen MR) is 66.8 cm³/mol. The van der Waals surface area contributed by atoms with Gasteiger partial charge in [-0.1, -0.05) is 15.9 Å². The summed E-state index contributed by atoms with van der Waals surface area (Å²) in [6.45, 7) is 2.24. The molecule has 104 valence electrons. The Morgan fingerprint density at radius 2 is 1.72 bits per heavy atom. The van der Waals surface area contributed by atoms with Gasteiger partial charge in [-0.2, -0.15) is 0 Å². The van der Waals surface area contributed by atoms with Gasteiger partial charge in [-0.05, 0) is 13.3 Å². The van der Waals surface area contributed by atoms with Crippen LogP contribution in [0.2, 0.25) is 0 Å². The van der Waals surface area contributed by atoms with Crippen LogP contribution in [0.1, 0.15) is 19.8 Å². The molecule has 0 heterocycles. The molecule has 7 heteroatoms. The minimum Gasteiger partial charge on any atom is -0.469 e. The molecule has 0 aliphatic carbocycles. The van der Waals surface area contributed by atoms with E-state index in [0.29, 0.717) is 16.7 Å². The van der Waals surface area contributed by atoms with Crippen LogP contribution in [0.25, 0.3) is 0 Å². The van der Waals surface area contributed by atoms with Gasteiger partial charge in [0.05, 0.1) is 26.4 Å². The Kier molecular flexibility index (Phi) is 9.53. The first kappa shape index (κ1) is 17.1. The fraction of sp³-hybridized carbons (Fsp3) is 0.636. The third-order valence-electron chi connectivity index (χ3n) is 1.95. The zero-order valence-corrected chi connectivity index (χ0v) is 12.2. The van der Waals surface area contributed by atoms with E-state index in [-0.39, 0.29) is 19.4 Å². The molecule has 0 saturated carbocycles. The van der Waals surface area contributed by atoms with E-state index in [4.69, 9.17) is 9.78 Å². The number of hydrogen-bond donors (Lipinski definition) is 0. The third kappa shape index (κ3) is 6.73. The average Bonchev–Trinajstić information content (AvgIpc) is 2.38. The summed E-state index contributed by atoms with van der Waals surface area (Å²) in [6.07, 6.45) is 0.292. The Morgan fingerprint density at radius 1 is 1.06 bits per heavy atom. The lowest BCUT2D eigenvalue weighted by molar-refractivity contribution is -0.283. The van der Waals surface area contributed by atoms with Gasteiger partial charge < -0.3 is 9.47 Å². The van der Waals surface area contributed by atoms with Gasteiger partial charge >= 0.3 is 11.9 Å². The normalized spacial score (nSPS) is 11.8.